The van der Waals surface area contributed by atoms with Crippen molar-refractivity contribution in [2.45, 2.75) is 31.8 Å². The molecule has 13 heavy (non-hydrogen) atoms. The van der Waals surface area contributed by atoms with E-state index in [2.05, 4.69) is 10.6 Å². The van der Waals surface area contributed by atoms with E-state index in [1.54, 1.807) is 0 Å². The van der Waals surface area contributed by atoms with Crippen molar-refractivity contribution < 1.29 is 14.7 Å². The standard InChI is InChI=1S/C8H14N2O3/c1-5(12)9-7(4-11)8(13)10-6-2-3-6/h6-7,11H,2-4H2,1H3,(H,9,12)(H,10,13). The van der Waals surface area contributed by atoms with E-state index in [0.29, 0.717) is 0 Å². The summed E-state index contributed by atoms with van der Waals surface area (Å²) < 4.78 is 0. The molecule has 1 aliphatic rings. The molecule has 1 saturated carbocycles. The van der Waals surface area contributed by atoms with Crippen LogP contribution in [0, 0.1) is 0 Å². The van der Waals surface area contributed by atoms with Crippen molar-refractivity contribution in [3.8, 4) is 0 Å². The number of hydrogen-bond acceptors (Lipinski definition) is 3. The Morgan fingerprint density at radius 3 is 2.54 bits per heavy atom. The van der Waals surface area contributed by atoms with Gasteiger partial charge in [0.05, 0.1) is 6.61 Å². The fraction of sp³-hybridized carbons (Fsp3) is 0.750. The Labute approximate surface area is 76.5 Å². The van der Waals surface area contributed by atoms with Gasteiger partial charge < -0.3 is 15.7 Å². The summed E-state index contributed by atoms with van der Waals surface area (Å²) in [6.45, 7) is 0.950. The predicted octanol–water partition coefficient (Wildman–Crippen LogP) is -1.24. The molecule has 1 fully saturated rings. The molecule has 74 valence electrons. The highest BCUT2D eigenvalue weighted by Gasteiger charge is 2.27. The third kappa shape index (κ3) is 3.42. The lowest BCUT2D eigenvalue weighted by Crippen LogP contribution is -2.48. The van der Waals surface area contributed by atoms with E-state index >= 15 is 0 Å². The Kier molecular flexibility index (Phi) is 3.25. The summed E-state index contributed by atoms with van der Waals surface area (Å²) in [7, 11) is 0. The van der Waals surface area contributed by atoms with Gasteiger partial charge in [0.1, 0.15) is 6.04 Å². The summed E-state index contributed by atoms with van der Waals surface area (Å²) in [6.07, 6.45) is 1.98. The van der Waals surface area contributed by atoms with Gasteiger partial charge in [-0.3, -0.25) is 9.59 Å². The lowest BCUT2D eigenvalue weighted by atomic mass is 10.3. The highest BCUT2D eigenvalue weighted by molar-refractivity contribution is 5.87. The monoisotopic (exact) mass is 186 g/mol. The van der Waals surface area contributed by atoms with E-state index < -0.39 is 6.04 Å². The molecule has 2 amide bonds. The van der Waals surface area contributed by atoms with Crippen molar-refractivity contribution >= 4 is 11.8 Å². The SMILES string of the molecule is CC(=O)NC(CO)C(=O)NC1CC1. The van der Waals surface area contributed by atoms with Crippen molar-refractivity contribution in [3.05, 3.63) is 0 Å². The van der Waals surface area contributed by atoms with Crippen LogP contribution < -0.4 is 10.6 Å². The topological polar surface area (TPSA) is 78.4 Å². The molecule has 0 aromatic rings. The second-order valence-corrected chi connectivity index (χ2v) is 3.22. The zero-order chi connectivity index (χ0) is 9.84. The van der Waals surface area contributed by atoms with Gasteiger partial charge >= 0.3 is 0 Å². The molecule has 1 aliphatic carbocycles. The molecule has 0 radical (unpaired) electrons. The number of carbonyl (C=O) groups is 2. The Balaban J connectivity index is 2.34. The molecule has 0 heterocycles. The van der Waals surface area contributed by atoms with Gasteiger partial charge in [0, 0.05) is 13.0 Å². The molecule has 0 bridgehead atoms. The Morgan fingerprint density at radius 1 is 1.54 bits per heavy atom. The maximum atomic E-state index is 11.3. The minimum atomic E-state index is -0.807. The Morgan fingerprint density at radius 2 is 2.15 bits per heavy atom. The number of carbonyl (C=O) groups excluding carboxylic acids is 2. The Bertz CT molecular complexity index is 213. The molecule has 0 aliphatic heterocycles. The van der Waals surface area contributed by atoms with Gasteiger partial charge in [-0.1, -0.05) is 0 Å². The van der Waals surface area contributed by atoms with Crippen molar-refractivity contribution in [1.82, 2.24) is 10.6 Å². The van der Waals surface area contributed by atoms with Crippen LogP contribution in [-0.2, 0) is 9.59 Å². The van der Waals surface area contributed by atoms with E-state index in [1.165, 1.54) is 6.92 Å². The first kappa shape index (κ1) is 9.98. The van der Waals surface area contributed by atoms with Crippen molar-refractivity contribution in [3.63, 3.8) is 0 Å². The van der Waals surface area contributed by atoms with Gasteiger partial charge in [-0.15, -0.1) is 0 Å². The molecule has 3 N–H and O–H groups in total. The number of aliphatic hydroxyl groups is 1. The van der Waals surface area contributed by atoms with Crippen LogP contribution in [0.5, 0.6) is 0 Å². The third-order valence-electron chi connectivity index (χ3n) is 1.80. The summed E-state index contributed by atoms with van der Waals surface area (Å²) in [5.41, 5.74) is 0. The largest absolute Gasteiger partial charge is 0.394 e. The van der Waals surface area contributed by atoms with Crippen LogP contribution in [0.4, 0.5) is 0 Å². The fourth-order valence-electron chi connectivity index (χ4n) is 0.969. The number of rotatable bonds is 4. The average molecular weight is 186 g/mol. The molecule has 1 unspecified atom stereocenters. The first-order chi connectivity index (χ1) is 6.13. The van der Waals surface area contributed by atoms with Gasteiger partial charge in [-0.05, 0) is 12.8 Å². The van der Waals surface area contributed by atoms with Gasteiger partial charge in [0.25, 0.3) is 0 Å². The number of aliphatic hydroxyl groups excluding tert-OH is 1. The molecule has 1 rings (SSSR count). The van der Waals surface area contributed by atoms with E-state index in [1.807, 2.05) is 0 Å². The molecule has 1 atom stereocenters. The van der Waals surface area contributed by atoms with Gasteiger partial charge in [-0.2, -0.15) is 0 Å². The molecule has 0 aromatic heterocycles. The average Bonchev–Trinajstić information content (AvgIpc) is 2.83. The molecular formula is C8H14N2O3. The van der Waals surface area contributed by atoms with E-state index in [4.69, 9.17) is 5.11 Å². The molecular weight excluding hydrogens is 172 g/mol. The summed E-state index contributed by atoms with van der Waals surface area (Å²) in [5.74, 6) is -0.620. The smallest absolute Gasteiger partial charge is 0.245 e. The Hall–Kier alpha value is -1.10. The van der Waals surface area contributed by atoms with E-state index in [0.717, 1.165) is 12.8 Å². The predicted molar refractivity (Wildman–Crippen MR) is 45.9 cm³/mol. The van der Waals surface area contributed by atoms with Crippen molar-refractivity contribution in [2.24, 2.45) is 0 Å². The first-order valence-electron chi connectivity index (χ1n) is 4.32. The zero-order valence-electron chi connectivity index (χ0n) is 7.54. The fourth-order valence-corrected chi connectivity index (χ4v) is 0.969. The second kappa shape index (κ2) is 4.23. The zero-order valence-corrected chi connectivity index (χ0v) is 7.54. The van der Waals surface area contributed by atoms with Crippen molar-refractivity contribution in [1.29, 1.82) is 0 Å². The summed E-state index contributed by atoms with van der Waals surface area (Å²) in [5, 5.41) is 13.9. The maximum Gasteiger partial charge on any atom is 0.245 e. The van der Waals surface area contributed by atoms with Gasteiger partial charge in [0.2, 0.25) is 11.8 Å². The van der Waals surface area contributed by atoms with E-state index in [9.17, 15) is 9.59 Å². The number of hydrogen-bond donors (Lipinski definition) is 3. The molecule has 0 saturated heterocycles. The van der Waals surface area contributed by atoms with Crippen LogP contribution in [0.15, 0.2) is 0 Å². The lowest BCUT2D eigenvalue weighted by Gasteiger charge is -2.14. The van der Waals surface area contributed by atoms with Gasteiger partial charge in [-0.25, -0.2) is 0 Å². The number of amides is 2. The highest BCUT2D eigenvalue weighted by Crippen LogP contribution is 2.18. The lowest BCUT2D eigenvalue weighted by molar-refractivity contribution is -0.129. The maximum absolute atomic E-state index is 11.3. The van der Waals surface area contributed by atoms with Crippen LogP contribution >= 0.6 is 0 Å². The highest BCUT2D eigenvalue weighted by atomic mass is 16.3. The molecule has 5 nitrogen and oxygen atoms in total. The van der Waals surface area contributed by atoms with E-state index in [-0.39, 0.29) is 24.5 Å². The van der Waals surface area contributed by atoms with Crippen molar-refractivity contribution in [2.75, 3.05) is 6.61 Å². The van der Waals surface area contributed by atoms with Crippen LogP contribution in [0.3, 0.4) is 0 Å². The molecule has 5 heteroatoms. The number of nitrogens with one attached hydrogen (secondary N) is 2. The van der Waals surface area contributed by atoms with Crippen LogP contribution in [0.25, 0.3) is 0 Å². The van der Waals surface area contributed by atoms with Crippen LogP contribution in [-0.4, -0.2) is 35.6 Å². The summed E-state index contributed by atoms with van der Waals surface area (Å²) in [4.78, 5) is 21.9. The van der Waals surface area contributed by atoms with Crippen LogP contribution in [0.1, 0.15) is 19.8 Å². The minimum absolute atomic E-state index is 0.246. The second-order valence-electron chi connectivity index (χ2n) is 3.22. The normalized spacial score (nSPS) is 17.7. The quantitative estimate of drug-likeness (QED) is 0.514. The third-order valence-corrected chi connectivity index (χ3v) is 1.80. The summed E-state index contributed by atoms with van der Waals surface area (Å²) >= 11 is 0. The summed E-state index contributed by atoms with van der Waals surface area (Å²) in [6, 6.07) is -0.562. The van der Waals surface area contributed by atoms with Gasteiger partial charge in [0.15, 0.2) is 0 Å². The minimum Gasteiger partial charge on any atom is -0.394 e. The molecule has 0 spiro atoms. The van der Waals surface area contributed by atoms with Crippen LogP contribution in [0.2, 0.25) is 0 Å². The molecule has 0 aromatic carbocycles. The first-order valence-corrected chi connectivity index (χ1v) is 4.32.